The second-order valence-electron chi connectivity index (χ2n) is 2.59. The van der Waals surface area contributed by atoms with Crippen molar-refractivity contribution in [3.8, 4) is 0 Å². The third-order valence-electron chi connectivity index (χ3n) is 1.59. The molecule has 1 heterocycles. The Morgan fingerprint density at radius 3 is 2.71 bits per heavy atom. The minimum atomic E-state index is -2.36. The molecule has 0 saturated heterocycles. The Hall–Kier alpha value is -0.780. The van der Waals surface area contributed by atoms with Gasteiger partial charge in [-0.15, -0.1) is 0 Å². The fourth-order valence-corrected chi connectivity index (χ4v) is 1.45. The first kappa shape index (κ1) is 11.3. The van der Waals surface area contributed by atoms with Crippen LogP contribution in [-0.4, -0.2) is 34.8 Å². The van der Waals surface area contributed by atoms with Crippen LogP contribution in [0.4, 0.5) is 14.6 Å². The maximum atomic E-state index is 12.2. The molecule has 0 N–H and O–H groups in total. The molecule has 1 aromatic heterocycles. The predicted molar refractivity (Wildman–Crippen MR) is 54.0 cm³/mol. The SMILES string of the molecule is FC(F)CN(CCBr)c1cnccn1. The molecule has 78 valence electrons. The quantitative estimate of drug-likeness (QED) is 0.763. The van der Waals surface area contributed by atoms with Crippen molar-refractivity contribution in [3.05, 3.63) is 18.6 Å². The Bertz CT molecular complexity index is 258. The molecule has 0 aliphatic carbocycles. The molecule has 0 aliphatic rings. The van der Waals surface area contributed by atoms with E-state index in [0.29, 0.717) is 17.7 Å². The highest BCUT2D eigenvalue weighted by Gasteiger charge is 2.12. The maximum Gasteiger partial charge on any atom is 0.255 e. The highest BCUT2D eigenvalue weighted by molar-refractivity contribution is 9.09. The molecule has 0 bridgehead atoms. The molecule has 0 atom stereocenters. The third-order valence-corrected chi connectivity index (χ3v) is 1.94. The van der Waals surface area contributed by atoms with Gasteiger partial charge in [0.25, 0.3) is 6.43 Å². The summed E-state index contributed by atoms with van der Waals surface area (Å²) in [6.07, 6.45) is 2.11. The molecular formula is C8H10BrF2N3. The molecule has 0 fully saturated rings. The van der Waals surface area contributed by atoms with Crippen molar-refractivity contribution in [1.82, 2.24) is 9.97 Å². The summed E-state index contributed by atoms with van der Waals surface area (Å²) in [5.74, 6) is 0.479. The van der Waals surface area contributed by atoms with Gasteiger partial charge in [0.2, 0.25) is 0 Å². The number of hydrogen-bond donors (Lipinski definition) is 0. The monoisotopic (exact) mass is 265 g/mol. The second-order valence-corrected chi connectivity index (χ2v) is 3.38. The molecule has 1 rings (SSSR count). The molecule has 14 heavy (non-hydrogen) atoms. The summed E-state index contributed by atoms with van der Waals surface area (Å²) < 4.78 is 24.4. The number of aromatic nitrogens is 2. The molecule has 0 spiro atoms. The van der Waals surface area contributed by atoms with Gasteiger partial charge in [-0.2, -0.15) is 0 Å². The van der Waals surface area contributed by atoms with Gasteiger partial charge in [0, 0.05) is 24.3 Å². The van der Waals surface area contributed by atoms with Crippen molar-refractivity contribution < 1.29 is 8.78 Å². The van der Waals surface area contributed by atoms with E-state index in [1.54, 1.807) is 0 Å². The normalized spacial score (nSPS) is 10.6. The summed E-state index contributed by atoms with van der Waals surface area (Å²) in [5.41, 5.74) is 0. The van der Waals surface area contributed by atoms with Gasteiger partial charge in [-0.1, -0.05) is 15.9 Å². The van der Waals surface area contributed by atoms with Gasteiger partial charge < -0.3 is 4.90 Å². The second kappa shape index (κ2) is 5.85. The van der Waals surface area contributed by atoms with E-state index in [1.165, 1.54) is 23.5 Å². The van der Waals surface area contributed by atoms with Gasteiger partial charge in [0.05, 0.1) is 12.7 Å². The number of nitrogens with zero attached hydrogens (tertiary/aromatic N) is 3. The van der Waals surface area contributed by atoms with E-state index in [9.17, 15) is 8.78 Å². The lowest BCUT2D eigenvalue weighted by Gasteiger charge is -2.21. The molecule has 0 aliphatic heterocycles. The molecule has 0 saturated carbocycles. The number of hydrogen-bond acceptors (Lipinski definition) is 3. The topological polar surface area (TPSA) is 29.0 Å². The smallest absolute Gasteiger partial charge is 0.255 e. The van der Waals surface area contributed by atoms with E-state index in [1.807, 2.05) is 0 Å². The molecule has 0 amide bonds. The molecule has 6 heteroatoms. The first-order valence-electron chi connectivity index (χ1n) is 4.09. The fourth-order valence-electron chi connectivity index (χ4n) is 1.02. The first-order chi connectivity index (χ1) is 6.74. The minimum absolute atomic E-state index is 0.315. The van der Waals surface area contributed by atoms with E-state index >= 15 is 0 Å². The number of anilines is 1. The van der Waals surface area contributed by atoms with Crippen LogP contribution in [-0.2, 0) is 0 Å². The summed E-state index contributed by atoms with van der Waals surface area (Å²) in [6.45, 7) is 0.174. The predicted octanol–water partition coefficient (Wildman–Crippen LogP) is 1.94. The van der Waals surface area contributed by atoms with Gasteiger partial charge in [0.1, 0.15) is 5.82 Å². The Morgan fingerprint density at radius 1 is 1.43 bits per heavy atom. The Labute approximate surface area is 89.3 Å². The van der Waals surface area contributed by atoms with E-state index < -0.39 is 6.43 Å². The van der Waals surface area contributed by atoms with Crippen molar-refractivity contribution in [3.63, 3.8) is 0 Å². The molecule has 0 unspecified atom stereocenters. The first-order valence-corrected chi connectivity index (χ1v) is 5.21. The average Bonchev–Trinajstić information content (AvgIpc) is 2.18. The fraction of sp³-hybridized carbons (Fsp3) is 0.500. The van der Waals surface area contributed by atoms with Crippen molar-refractivity contribution >= 4 is 21.7 Å². The average molecular weight is 266 g/mol. The van der Waals surface area contributed by atoms with Crippen LogP contribution < -0.4 is 4.90 Å². The summed E-state index contributed by atoms with van der Waals surface area (Å²) >= 11 is 3.20. The lowest BCUT2D eigenvalue weighted by atomic mass is 10.4. The van der Waals surface area contributed by atoms with Crippen LogP contribution in [0.15, 0.2) is 18.6 Å². The summed E-state index contributed by atoms with van der Waals surface area (Å²) in [7, 11) is 0. The lowest BCUT2D eigenvalue weighted by molar-refractivity contribution is 0.155. The van der Waals surface area contributed by atoms with Crippen LogP contribution in [0.3, 0.4) is 0 Å². The number of alkyl halides is 3. The van der Waals surface area contributed by atoms with Crippen LogP contribution in [0.1, 0.15) is 0 Å². The van der Waals surface area contributed by atoms with E-state index in [2.05, 4.69) is 25.9 Å². The molecule has 3 nitrogen and oxygen atoms in total. The Kier molecular flexibility index (Phi) is 4.72. The van der Waals surface area contributed by atoms with Gasteiger partial charge in [-0.25, -0.2) is 13.8 Å². The molecule has 0 radical (unpaired) electrons. The third kappa shape index (κ3) is 3.53. The van der Waals surface area contributed by atoms with E-state index in [0.717, 1.165) is 0 Å². The van der Waals surface area contributed by atoms with Gasteiger partial charge >= 0.3 is 0 Å². The summed E-state index contributed by atoms with van der Waals surface area (Å²) in [5, 5.41) is 0.621. The van der Waals surface area contributed by atoms with E-state index in [-0.39, 0.29) is 6.54 Å². The summed E-state index contributed by atoms with van der Waals surface area (Å²) in [4.78, 5) is 9.28. The van der Waals surface area contributed by atoms with Crippen LogP contribution in [0.25, 0.3) is 0 Å². The summed E-state index contributed by atoms with van der Waals surface area (Å²) in [6, 6.07) is 0. The highest BCUT2D eigenvalue weighted by Crippen LogP contribution is 2.10. The molecule has 1 aromatic rings. The highest BCUT2D eigenvalue weighted by atomic mass is 79.9. The van der Waals surface area contributed by atoms with Crippen molar-refractivity contribution in [2.45, 2.75) is 6.43 Å². The van der Waals surface area contributed by atoms with Crippen LogP contribution in [0.5, 0.6) is 0 Å². The Balaban J connectivity index is 2.67. The van der Waals surface area contributed by atoms with Crippen molar-refractivity contribution in [2.75, 3.05) is 23.3 Å². The zero-order valence-corrected chi connectivity index (χ0v) is 8.99. The van der Waals surface area contributed by atoms with Crippen molar-refractivity contribution in [1.29, 1.82) is 0 Å². The van der Waals surface area contributed by atoms with Crippen LogP contribution in [0, 0.1) is 0 Å². The van der Waals surface area contributed by atoms with Gasteiger partial charge in [0.15, 0.2) is 0 Å². The largest absolute Gasteiger partial charge is 0.349 e. The van der Waals surface area contributed by atoms with Crippen LogP contribution in [0.2, 0.25) is 0 Å². The lowest BCUT2D eigenvalue weighted by Crippen LogP contribution is -2.31. The standard InChI is InChI=1S/C8H10BrF2N3/c9-1-4-14(6-7(10)11)8-5-12-2-3-13-8/h2-3,5,7H,1,4,6H2. The molecule has 0 aromatic carbocycles. The van der Waals surface area contributed by atoms with Crippen LogP contribution >= 0.6 is 15.9 Å². The van der Waals surface area contributed by atoms with Crippen molar-refractivity contribution in [2.24, 2.45) is 0 Å². The number of rotatable bonds is 5. The Morgan fingerprint density at radius 2 is 2.21 bits per heavy atom. The minimum Gasteiger partial charge on any atom is -0.349 e. The zero-order valence-electron chi connectivity index (χ0n) is 7.41. The maximum absolute atomic E-state index is 12.2. The van der Waals surface area contributed by atoms with Gasteiger partial charge in [-0.05, 0) is 0 Å². The zero-order chi connectivity index (χ0) is 10.4. The van der Waals surface area contributed by atoms with E-state index in [4.69, 9.17) is 0 Å². The van der Waals surface area contributed by atoms with Gasteiger partial charge in [-0.3, -0.25) is 4.98 Å². The molecular weight excluding hydrogens is 256 g/mol. The number of halogens is 3.